The molecule has 1 aromatic heterocycles. The van der Waals surface area contributed by atoms with Crippen LogP contribution in [0.5, 0.6) is 11.5 Å². The molecule has 1 heterocycles. The van der Waals surface area contributed by atoms with Crippen LogP contribution in [0.3, 0.4) is 0 Å². The fraction of sp³-hybridized carbons (Fsp3) is 0.571. The molecule has 0 aliphatic heterocycles. The third-order valence-corrected chi connectivity index (χ3v) is 5.74. The van der Waals surface area contributed by atoms with E-state index in [9.17, 15) is 5.11 Å². The van der Waals surface area contributed by atoms with Crippen molar-refractivity contribution in [2.24, 2.45) is 0 Å². The lowest BCUT2D eigenvalue weighted by atomic mass is 10.2. The highest BCUT2D eigenvalue weighted by molar-refractivity contribution is 7.09. The molecular formula is C21H33N3O3S. The molecule has 0 aliphatic carbocycles. The molecule has 6 nitrogen and oxygen atoms in total. The number of nitrogens with one attached hydrogen (secondary N) is 1. The minimum Gasteiger partial charge on any atom is -0.493 e. The molecule has 0 unspecified atom stereocenters. The van der Waals surface area contributed by atoms with E-state index in [4.69, 9.17) is 9.47 Å². The van der Waals surface area contributed by atoms with Gasteiger partial charge < -0.3 is 24.8 Å². The highest BCUT2D eigenvalue weighted by Crippen LogP contribution is 2.28. The maximum absolute atomic E-state index is 10.2. The Morgan fingerprint density at radius 2 is 2.07 bits per heavy atom. The number of hydrogen-bond donors (Lipinski definition) is 2. The second-order valence-corrected chi connectivity index (χ2v) is 8.21. The summed E-state index contributed by atoms with van der Waals surface area (Å²) >= 11 is 1.70. The fourth-order valence-corrected chi connectivity index (χ4v) is 3.51. The quantitative estimate of drug-likeness (QED) is 0.528. The van der Waals surface area contributed by atoms with Gasteiger partial charge in [-0.2, -0.15) is 0 Å². The molecule has 156 valence electrons. The molecule has 0 radical (unpaired) electrons. The molecule has 0 fully saturated rings. The van der Waals surface area contributed by atoms with Crippen LogP contribution >= 0.6 is 11.3 Å². The number of methoxy groups -OCH3 is 1. The Balaban J connectivity index is 1.85. The highest BCUT2D eigenvalue weighted by Gasteiger charge is 2.13. The summed E-state index contributed by atoms with van der Waals surface area (Å²) in [5, 5.41) is 13.7. The van der Waals surface area contributed by atoms with Crippen molar-refractivity contribution in [3.8, 4) is 11.5 Å². The number of likely N-dealkylation sites (N-methyl/N-ethyl adjacent to an activating group) is 1. The van der Waals surface area contributed by atoms with Gasteiger partial charge in [0.1, 0.15) is 12.7 Å². The molecule has 2 rings (SSSR count). The van der Waals surface area contributed by atoms with Crippen LogP contribution in [0.4, 0.5) is 0 Å². The Labute approximate surface area is 172 Å². The van der Waals surface area contributed by atoms with Crippen LogP contribution in [0.25, 0.3) is 0 Å². The van der Waals surface area contributed by atoms with Crippen LogP contribution in [0, 0.1) is 6.92 Å². The lowest BCUT2D eigenvalue weighted by Gasteiger charge is -2.24. The Morgan fingerprint density at radius 1 is 1.29 bits per heavy atom. The van der Waals surface area contributed by atoms with E-state index >= 15 is 0 Å². The van der Waals surface area contributed by atoms with Gasteiger partial charge in [-0.25, -0.2) is 4.98 Å². The van der Waals surface area contributed by atoms with Gasteiger partial charge in [0.25, 0.3) is 0 Å². The van der Waals surface area contributed by atoms with Crippen molar-refractivity contribution in [2.75, 3.05) is 33.9 Å². The van der Waals surface area contributed by atoms with Crippen molar-refractivity contribution in [2.45, 2.75) is 45.9 Å². The molecule has 0 aliphatic rings. The summed E-state index contributed by atoms with van der Waals surface area (Å²) in [5.74, 6) is 1.33. The number of aliphatic hydroxyl groups excluding tert-OH is 1. The summed E-state index contributed by atoms with van der Waals surface area (Å²) in [4.78, 5) is 7.70. The Kier molecular flexibility index (Phi) is 9.18. The molecule has 0 amide bonds. The number of thiazole rings is 1. The Bertz CT molecular complexity index is 721. The number of aromatic nitrogens is 1. The van der Waals surface area contributed by atoms with Crippen molar-refractivity contribution in [3.05, 3.63) is 39.8 Å². The summed E-state index contributed by atoms with van der Waals surface area (Å²) in [7, 11) is 3.62. The Hall–Kier alpha value is -1.67. The molecule has 28 heavy (non-hydrogen) atoms. The van der Waals surface area contributed by atoms with Crippen LogP contribution in [0.15, 0.2) is 23.7 Å². The first-order chi connectivity index (χ1) is 13.4. The monoisotopic (exact) mass is 407 g/mol. The second-order valence-electron chi connectivity index (χ2n) is 7.27. The number of ether oxygens (including phenoxy) is 2. The van der Waals surface area contributed by atoms with Gasteiger partial charge in [0.2, 0.25) is 0 Å². The van der Waals surface area contributed by atoms with Gasteiger partial charge in [-0.1, -0.05) is 6.07 Å². The van der Waals surface area contributed by atoms with Crippen LogP contribution in [-0.2, 0) is 13.0 Å². The predicted molar refractivity (Wildman–Crippen MR) is 115 cm³/mol. The van der Waals surface area contributed by atoms with Crippen molar-refractivity contribution < 1.29 is 14.6 Å². The normalized spacial score (nSPS) is 12.6. The first-order valence-electron chi connectivity index (χ1n) is 9.68. The zero-order valence-corrected chi connectivity index (χ0v) is 18.4. The van der Waals surface area contributed by atoms with Crippen LogP contribution < -0.4 is 14.8 Å². The summed E-state index contributed by atoms with van der Waals surface area (Å²) in [6.45, 7) is 8.69. The number of aliphatic hydroxyl groups is 1. The SMILES string of the molecule is COc1ccc(CNCCc2scnc2C)cc1OC[C@@H](O)CN(C)C(C)C. The van der Waals surface area contributed by atoms with Crippen LogP contribution in [0.1, 0.15) is 30.0 Å². The molecule has 1 aromatic carbocycles. The van der Waals surface area contributed by atoms with E-state index in [2.05, 4.69) is 29.0 Å². The number of nitrogens with zero attached hydrogens (tertiary/aromatic N) is 2. The standard InChI is InChI=1S/C21H33N3O3S/c1-15(2)24(4)12-18(25)13-27-20-10-17(6-7-19(20)26-5)11-22-9-8-21-16(3)23-14-28-21/h6-7,10,14-15,18,22,25H,8-9,11-13H2,1-5H3/t18-/m0/s1. The molecule has 1 atom stereocenters. The van der Waals surface area contributed by atoms with E-state index < -0.39 is 6.10 Å². The third kappa shape index (κ3) is 7.05. The second kappa shape index (κ2) is 11.4. The summed E-state index contributed by atoms with van der Waals surface area (Å²) in [6, 6.07) is 6.29. The van der Waals surface area contributed by atoms with E-state index in [0.29, 0.717) is 24.1 Å². The van der Waals surface area contributed by atoms with Crippen LogP contribution in [0.2, 0.25) is 0 Å². The van der Waals surface area contributed by atoms with E-state index in [-0.39, 0.29) is 6.61 Å². The molecule has 2 N–H and O–H groups in total. The van der Waals surface area contributed by atoms with E-state index in [1.165, 1.54) is 4.88 Å². The molecule has 0 saturated carbocycles. The number of hydrogen-bond acceptors (Lipinski definition) is 7. The maximum Gasteiger partial charge on any atom is 0.161 e. The van der Waals surface area contributed by atoms with Crippen molar-refractivity contribution in [1.29, 1.82) is 0 Å². The first-order valence-corrected chi connectivity index (χ1v) is 10.6. The number of benzene rings is 1. The lowest BCUT2D eigenvalue weighted by Crippen LogP contribution is -2.37. The smallest absolute Gasteiger partial charge is 0.161 e. The summed E-state index contributed by atoms with van der Waals surface area (Å²) < 4.78 is 11.3. The molecular weight excluding hydrogens is 374 g/mol. The molecule has 0 spiro atoms. The zero-order valence-electron chi connectivity index (χ0n) is 17.6. The van der Waals surface area contributed by atoms with Gasteiger partial charge in [-0.15, -0.1) is 11.3 Å². The van der Waals surface area contributed by atoms with Gasteiger partial charge in [0, 0.05) is 30.6 Å². The molecule has 0 saturated heterocycles. The van der Waals surface area contributed by atoms with E-state index in [1.54, 1.807) is 18.4 Å². The largest absolute Gasteiger partial charge is 0.493 e. The number of aryl methyl sites for hydroxylation is 1. The lowest BCUT2D eigenvalue weighted by molar-refractivity contribution is 0.0668. The van der Waals surface area contributed by atoms with Gasteiger partial charge >= 0.3 is 0 Å². The van der Waals surface area contributed by atoms with Crippen LogP contribution in [-0.4, -0.2) is 61.0 Å². The number of rotatable bonds is 12. The minimum atomic E-state index is -0.554. The van der Waals surface area contributed by atoms with Gasteiger partial charge in [-0.05, 0) is 51.9 Å². The summed E-state index contributed by atoms with van der Waals surface area (Å²) in [6.07, 6.45) is 0.424. The maximum atomic E-state index is 10.2. The van der Waals surface area contributed by atoms with E-state index in [1.807, 2.05) is 37.7 Å². The Morgan fingerprint density at radius 3 is 2.71 bits per heavy atom. The van der Waals surface area contributed by atoms with Crippen molar-refractivity contribution in [1.82, 2.24) is 15.2 Å². The molecule has 2 aromatic rings. The van der Waals surface area contributed by atoms with Gasteiger partial charge in [0.05, 0.1) is 18.3 Å². The predicted octanol–water partition coefficient (Wildman–Crippen LogP) is 2.87. The highest BCUT2D eigenvalue weighted by atomic mass is 32.1. The zero-order chi connectivity index (χ0) is 20.5. The topological polar surface area (TPSA) is 66.8 Å². The first kappa shape index (κ1) is 22.6. The average Bonchev–Trinajstić information content (AvgIpc) is 3.08. The summed E-state index contributed by atoms with van der Waals surface area (Å²) in [5.41, 5.74) is 4.13. The minimum absolute atomic E-state index is 0.231. The average molecular weight is 408 g/mol. The molecule has 7 heteroatoms. The van der Waals surface area contributed by atoms with E-state index in [0.717, 1.165) is 30.8 Å². The van der Waals surface area contributed by atoms with Crippen molar-refractivity contribution in [3.63, 3.8) is 0 Å². The molecule has 0 bridgehead atoms. The third-order valence-electron chi connectivity index (χ3n) is 4.74. The van der Waals surface area contributed by atoms with Gasteiger partial charge in [0.15, 0.2) is 11.5 Å². The fourth-order valence-electron chi connectivity index (χ4n) is 2.73. The van der Waals surface area contributed by atoms with Gasteiger partial charge in [-0.3, -0.25) is 0 Å². The van der Waals surface area contributed by atoms with Crippen molar-refractivity contribution >= 4 is 11.3 Å².